The lowest BCUT2D eigenvalue weighted by molar-refractivity contribution is 0.354. The molecule has 0 radical (unpaired) electrons. The average molecular weight is 364 g/mol. The summed E-state index contributed by atoms with van der Waals surface area (Å²) in [5.41, 5.74) is 8.52. The van der Waals surface area contributed by atoms with Gasteiger partial charge in [0.05, 0.1) is 11.3 Å². The van der Waals surface area contributed by atoms with Gasteiger partial charge in [0.2, 0.25) is 11.8 Å². The van der Waals surface area contributed by atoms with E-state index in [1.54, 1.807) is 11.8 Å². The number of nitrogens with one attached hydrogen (secondary N) is 1. The molecule has 4 rings (SSSR count). The van der Waals surface area contributed by atoms with Crippen molar-refractivity contribution in [1.82, 2.24) is 10.2 Å². The number of allylic oxidation sites excluding steroid dienone is 3. The Kier molecular flexibility index (Phi) is 4.72. The molecule has 2 aromatic rings. The van der Waals surface area contributed by atoms with E-state index in [2.05, 4.69) is 40.6 Å². The van der Waals surface area contributed by atoms with Crippen LogP contribution in [0.5, 0.6) is 5.88 Å². The van der Waals surface area contributed by atoms with E-state index < -0.39 is 0 Å². The van der Waals surface area contributed by atoms with Gasteiger partial charge in [-0.2, -0.15) is 5.26 Å². The van der Waals surface area contributed by atoms with Crippen LogP contribution in [0.4, 0.5) is 0 Å². The van der Waals surface area contributed by atoms with Gasteiger partial charge in [0.15, 0.2) is 0 Å². The van der Waals surface area contributed by atoms with Crippen LogP contribution >= 0.6 is 11.8 Å². The molecule has 3 N–H and O–H groups in total. The number of rotatable bonds is 4. The number of nitriles is 1. The predicted molar refractivity (Wildman–Crippen MR) is 101 cm³/mol. The average Bonchev–Trinajstić information content (AvgIpc) is 3.09. The number of H-pyrrole nitrogens is 1. The zero-order valence-corrected chi connectivity index (χ0v) is 15.1. The molecular formula is C20H20N4OS. The van der Waals surface area contributed by atoms with Crippen LogP contribution in [0.3, 0.4) is 0 Å². The number of nitrogens with zero attached hydrogens (tertiary/aromatic N) is 2. The van der Waals surface area contributed by atoms with E-state index in [1.807, 2.05) is 18.2 Å². The van der Waals surface area contributed by atoms with E-state index in [9.17, 15) is 5.26 Å². The van der Waals surface area contributed by atoms with E-state index in [1.165, 1.54) is 4.90 Å². The van der Waals surface area contributed by atoms with E-state index in [4.69, 9.17) is 10.5 Å². The Balaban J connectivity index is 1.68. The second-order valence-electron chi connectivity index (χ2n) is 6.52. The molecule has 0 bridgehead atoms. The molecular weight excluding hydrogens is 344 g/mol. The highest BCUT2D eigenvalue weighted by Gasteiger charge is 2.38. The predicted octanol–water partition coefficient (Wildman–Crippen LogP) is 4.23. The van der Waals surface area contributed by atoms with E-state index in [0.29, 0.717) is 11.5 Å². The van der Waals surface area contributed by atoms with E-state index >= 15 is 0 Å². The van der Waals surface area contributed by atoms with Crippen molar-refractivity contribution in [3.8, 4) is 11.9 Å². The van der Waals surface area contributed by atoms with Gasteiger partial charge in [-0.25, -0.2) is 0 Å². The molecule has 2 atom stereocenters. The summed E-state index contributed by atoms with van der Waals surface area (Å²) in [6.07, 6.45) is 7.67. The minimum absolute atomic E-state index is 0.0922. The third-order valence-corrected chi connectivity index (χ3v) is 5.95. The summed E-state index contributed by atoms with van der Waals surface area (Å²) >= 11 is 1.73. The third-order valence-electron chi connectivity index (χ3n) is 4.91. The van der Waals surface area contributed by atoms with Crippen molar-refractivity contribution < 1.29 is 4.74 Å². The van der Waals surface area contributed by atoms with E-state index in [0.717, 1.165) is 36.3 Å². The lowest BCUT2D eigenvalue weighted by atomic mass is 9.75. The zero-order chi connectivity index (χ0) is 17.9. The van der Waals surface area contributed by atoms with Crippen LogP contribution in [0, 0.1) is 17.2 Å². The molecule has 5 nitrogen and oxygen atoms in total. The molecule has 6 heteroatoms. The van der Waals surface area contributed by atoms with Gasteiger partial charge in [-0.15, -0.1) is 16.9 Å². The Hall–Kier alpha value is -2.65. The summed E-state index contributed by atoms with van der Waals surface area (Å²) in [7, 11) is 0. The molecule has 0 amide bonds. The minimum atomic E-state index is -0.0922. The molecule has 2 aliphatic rings. The van der Waals surface area contributed by atoms with Gasteiger partial charge in [0, 0.05) is 22.1 Å². The van der Waals surface area contributed by atoms with Crippen molar-refractivity contribution in [3.05, 3.63) is 65.2 Å². The fourth-order valence-corrected chi connectivity index (χ4v) is 4.56. The maximum absolute atomic E-state index is 9.70. The summed E-state index contributed by atoms with van der Waals surface area (Å²) in [6, 6.07) is 12.5. The second-order valence-corrected chi connectivity index (χ2v) is 7.56. The SMILES string of the molecule is N#CC1=C(N)Oc2n[nH]c(CSc3ccccc3)c2C1C1C=CCCC1. The number of hydrogen-bond donors (Lipinski definition) is 2. The zero-order valence-electron chi connectivity index (χ0n) is 14.3. The van der Waals surface area contributed by atoms with Crippen molar-refractivity contribution >= 4 is 11.8 Å². The molecule has 0 fully saturated rings. The Bertz CT molecular complexity index is 894. The Labute approximate surface area is 156 Å². The van der Waals surface area contributed by atoms with Crippen molar-refractivity contribution in [2.75, 3.05) is 0 Å². The third kappa shape index (κ3) is 3.11. The maximum Gasteiger partial charge on any atom is 0.243 e. The highest BCUT2D eigenvalue weighted by Crippen LogP contribution is 2.46. The van der Waals surface area contributed by atoms with Crippen molar-refractivity contribution in [3.63, 3.8) is 0 Å². The van der Waals surface area contributed by atoms with Crippen LogP contribution in [-0.4, -0.2) is 10.2 Å². The fraction of sp³-hybridized carbons (Fsp3) is 0.300. The lowest BCUT2D eigenvalue weighted by Gasteiger charge is -2.30. The Morgan fingerprint density at radius 2 is 2.19 bits per heavy atom. The van der Waals surface area contributed by atoms with Gasteiger partial charge < -0.3 is 10.5 Å². The highest BCUT2D eigenvalue weighted by molar-refractivity contribution is 7.98. The second kappa shape index (κ2) is 7.30. The number of fused-ring (bicyclic) bond motifs is 1. The van der Waals surface area contributed by atoms with Crippen LogP contribution in [0.25, 0.3) is 0 Å². The Morgan fingerprint density at radius 3 is 2.92 bits per heavy atom. The molecule has 2 heterocycles. The van der Waals surface area contributed by atoms with Crippen LogP contribution in [-0.2, 0) is 5.75 Å². The van der Waals surface area contributed by atoms with Crippen LogP contribution < -0.4 is 10.5 Å². The number of benzene rings is 1. The maximum atomic E-state index is 9.70. The number of aromatic amines is 1. The van der Waals surface area contributed by atoms with Gasteiger partial charge in [0.25, 0.3) is 0 Å². The lowest BCUT2D eigenvalue weighted by Crippen LogP contribution is -2.25. The van der Waals surface area contributed by atoms with Gasteiger partial charge in [0.1, 0.15) is 6.07 Å². The first-order valence-corrected chi connectivity index (χ1v) is 9.75. The first-order valence-electron chi connectivity index (χ1n) is 8.77. The summed E-state index contributed by atoms with van der Waals surface area (Å²) in [4.78, 5) is 1.19. The first kappa shape index (κ1) is 16.8. The number of thioether (sulfide) groups is 1. The quantitative estimate of drug-likeness (QED) is 0.626. The summed E-state index contributed by atoms with van der Waals surface area (Å²) < 4.78 is 5.65. The molecule has 132 valence electrons. The summed E-state index contributed by atoms with van der Waals surface area (Å²) in [5, 5.41) is 17.1. The molecule has 0 saturated carbocycles. The largest absolute Gasteiger partial charge is 0.420 e. The van der Waals surface area contributed by atoms with Crippen LogP contribution in [0.1, 0.15) is 36.4 Å². The molecule has 1 aliphatic carbocycles. The van der Waals surface area contributed by atoms with Gasteiger partial charge >= 0.3 is 0 Å². The molecule has 1 aliphatic heterocycles. The topological polar surface area (TPSA) is 87.7 Å². The molecule has 2 unspecified atom stereocenters. The molecule has 0 saturated heterocycles. The number of ether oxygens (including phenoxy) is 1. The van der Waals surface area contributed by atoms with E-state index in [-0.39, 0.29) is 17.7 Å². The number of aromatic nitrogens is 2. The molecule has 26 heavy (non-hydrogen) atoms. The first-order chi connectivity index (χ1) is 12.8. The standard InChI is InChI=1S/C20H20N4OS/c21-11-15-17(13-7-3-1-4-8-13)18-16(23-24-20(18)25-19(15)22)12-26-14-9-5-2-6-10-14/h2-3,5-7,9-10,13,17H,1,4,8,12,22H2,(H,23,24). The van der Waals surface area contributed by atoms with Crippen LogP contribution in [0.2, 0.25) is 0 Å². The molecule has 1 aromatic carbocycles. The molecule has 1 aromatic heterocycles. The van der Waals surface area contributed by atoms with Crippen molar-refractivity contribution in [1.29, 1.82) is 5.26 Å². The summed E-state index contributed by atoms with van der Waals surface area (Å²) in [6.45, 7) is 0. The fourth-order valence-electron chi connectivity index (χ4n) is 3.67. The van der Waals surface area contributed by atoms with Gasteiger partial charge in [-0.05, 0) is 37.3 Å². The minimum Gasteiger partial charge on any atom is -0.420 e. The smallest absolute Gasteiger partial charge is 0.243 e. The van der Waals surface area contributed by atoms with Gasteiger partial charge in [-0.1, -0.05) is 30.4 Å². The monoisotopic (exact) mass is 364 g/mol. The molecule has 0 spiro atoms. The van der Waals surface area contributed by atoms with Crippen molar-refractivity contribution in [2.24, 2.45) is 11.7 Å². The number of nitrogens with two attached hydrogens (primary N) is 1. The Morgan fingerprint density at radius 1 is 1.35 bits per heavy atom. The normalized spacial score (nSPS) is 21.8. The van der Waals surface area contributed by atoms with Gasteiger partial charge in [-0.3, -0.25) is 5.10 Å². The number of hydrogen-bond acceptors (Lipinski definition) is 5. The summed E-state index contributed by atoms with van der Waals surface area (Å²) in [5.74, 6) is 1.58. The van der Waals surface area contributed by atoms with Crippen molar-refractivity contribution in [2.45, 2.75) is 35.8 Å². The van der Waals surface area contributed by atoms with Crippen LogP contribution in [0.15, 0.2) is 58.8 Å². The highest BCUT2D eigenvalue weighted by atomic mass is 32.2.